The molecular formula is C44H23N9O5. The third kappa shape index (κ3) is 4.98. The van der Waals surface area contributed by atoms with Crippen LogP contribution in [0.2, 0.25) is 0 Å². The minimum absolute atomic E-state index is 0.498. The summed E-state index contributed by atoms with van der Waals surface area (Å²) in [5.74, 6) is 1.08. The molecule has 7 aromatic carbocycles. The fourth-order valence-electron chi connectivity index (χ4n) is 7.47. The molecule has 0 aliphatic rings. The molecule has 0 amide bonds. The van der Waals surface area contributed by atoms with E-state index < -0.39 is 0 Å². The lowest BCUT2D eigenvalue weighted by atomic mass is 9.99. The highest BCUT2D eigenvalue weighted by Gasteiger charge is 2.27. The Hall–Kier alpha value is -8.52. The van der Waals surface area contributed by atoms with Crippen molar-refractivity contribution < 1.29 is 22.7 Å². The van der Waals surface area contributed by atoms with Gasteiger partial charge in [0.05, 0.1) is 17.1 Å². The van der Waals surface area contributed by atoms with Crippen LogP contribution >= 0.6 is 0 Å². The van der Waals surface area contributed by atoms with Crippen molar-refractivity contribution in [2.75, 3.05) is 4.90 Å². The van der Waals surface area contributed by atoms with Crippen molar-refractivity contribution in [1.29, 1.82) is 0 Å². The summed E-state index contributed by atoms with van der Waals surface area (Å²) in [6.45, 7) is 0. The average molecular weight is 758 g/mol. The maximum absolute atomic E-state index is 6.00. The molecule has 14 heteroatoms. The summed E-state index contributed by atoms with van der Waals surface area (Å²) in [5, 5.41) is 26.0. The summed E-state index contributed by atoms with van der Waals surface area (Å²) < 4.78 is 28.1. The number of hydrogen-bond acceptors (Lipinski definition) is 14. The van der Waals surface area contributed by atoms with Crippen LogP contribution in [0.1, 0.15) is 0 Å². The molecular weight excluding hydrogens is 735 g/mol. The van der Waals surface area contributed by atoms with Gasteiger partial charge in [-0.05, 0) is 127 Å². The van der Waals surface area contributed by atoms with Gasteiger partial charge in [-0.25, -0.2) is 23.9 Å². The molecule has 12 aromatic rings. The smallest absolute Gasteiger partial charge is 0.227 e. The number of aromatic nitrogens is 8. The molecule has 0 aliphatic heterocycles. The Balaban J connectivity index is 0.963. The molecule has 14 nitrogen and oxygen atoms in total. The van der Waals surface area contributed by atoms with Crippen molar-refractivity contribution in [3.05, 3.63) is 140 Å². The Bertz CT molecular complexity index is 3230. The third-order valence-corrected chi connectivity index (χ3v) is 10.2. The number of anilines is 3. The van der Waals surface area contributed by atoms with E-state index in [2.05, 4.69) is 40.9 Å². The van der Waals surface area contributed by atoms with Crippen LogP contribution in [-0.2, 0) is 0 Å². The molecule has 0 aliphatic carbocycles. The van der Waals surface area contributed by atoms with Crippen LogP contribution in [0, 0.1) is 0 Å². The van der Waals surface area contributed by atoms with Gasteiger partial charge < -0.3 is 13.7 Å². The Kier molecular flexibility index (Phi) is 6.86. The summed E-state index contributed by atoms with van der Waals surface area (Å²) >= 11 is 0. The largest absolute Gasteiger partial charge is 0.436 e. The molecule has 58 heavy (non-hydrogen) atoms. The van der Waals surface area contributed by atoms with E-state index in [0.29, 0.717) is 61.9 Å². The number of oxazole rings is 2. The number of fused-ring (bicyclic) bond motifs is 5. The van der Waals surface area contributed by atoms with E-state index in [4.69, 9.17) is 22.7 Å². The van der Waals surface area contributed by atoms with E-state index in [1.165, 1.54) is 0 Å². The third-order valence-electron chi connectivity index (χ3n) is 10.2. The van der Waals surface area contributed by atoms with E-state index in [1.807, 2.05) is 144 Å². The summed E-state index contributed by atoms with van der Waals surface area (Å²) in [6, 6.07) is 44.7. The van der Waals surface area contributed by atoms with Crippen LogP contribution in [-0.4, -0.2) is 40.9 Å². The van der Waals surface area contributed by atoms with Crippen LogP contribution in [0.15, 0.2) is 162 Å². The minimum Gasteiger partial charge on any atom is -0.436 e. The Morgan fingerprint density at radius 3 is 1.29 bits per heavy atom. The average Bonchev–Trinajstić information content (AvgIpc) is 4.13. The van der Waals surface area contributed by atoms with Crippen molar-refractivity contribution in [1.82, 2.24) is 40.9 Å². The topological polar surface area (TPSA) is 172 Å². The lowest BCUT2D eigenvalue weighted by molar-refractivity contribution is 0.315. The van der Waals surface area contributed by atoms with Crippen molar-refractivity contribution in [3.63, 3.8) is 0 Å². The number of hydrogen-bond donors (Lipinski definition) is 0. The summed E-state index contributed by atoms with van der Waals surface area (Å²) in [5.41, 5.74) is 13.3. The molecule has 5 heterocycles. The van der Waals surface area contributed by atoms with Gasteiger partial charge in [-0.15, -0.1) is 0 Å². The molecule has 0 atom stereocenters. The van der Waals surface area contributed by atoms with Gasteiger partial charge in [-0.1, -0.05) is 54.6 Å². The summed E-state index contributed by atoms with van der Waals surface area (Å²) in [6.07, 6.45) is 0. The van der Waals surface area contributed by atoms with E-state index in [-0.39, 0.29) is 0 Å². The van der Waals surface area contributed by atoms with E-state index in [9.17, 15) is 0 Å². The maximum Gasteiger partial charge on any atom is 0.227 e. The normalized spacial score (nSPS) is 11.8. The van der Waals surface area contributed by atoms with Crippen molar-refractivity contribution in [3.8, 4) is 45.2 Å². The standard InChI is InChI=1S/C44H23N9O5/c1-3-10-36-30(6-1)45-43(54-36)26-16-12-24(13-17-26)28-20-22-34(41-38(28)48-57-51-41)53(33-9-5-8-32-40(33)50-56-47-32)35-23-21-29(39-42(35)52-58-49-39)25-14-18-27(19-15-25)44-46-31-7-2-4-11-37(31)55-44/h1-23H. The molecule has 0 fully saturated rings. The summed E-state index contributed by atoms with van der Waals surface area (Å²) in [7, 11) is 0. The highest BCUT2D eigenvalue weighted by Crippen LogP contribution is 2.46. The van der Waals surface area contributed by atoms with E-state index >= 15 is 0 Å². The maximum atomic E-state index is 6.00. The van der Waals surface area contributed by atoms with Crippen LogP contribution in [0.25, 0.3) is 100 Å². The molecule has 12 rings (SSSR count). The second-order valence-corrected chi connectivity index (χ2v) is 13.6. The molecule has 0 N–H and O–H groups in total. The first kappa shape index (κ1) is 31.8. The number of nitrogens with zero attached hydrogens (tertiary/aromatic N) is 9. The first-order chi connectivity index (χ1) is 28.7. The zero-order valence-corrected chi connectivity index (χ0v) is 29.8. The highest BCUT2D eigenvalue weighted by molar-refractivity contribution is 6.09. The summed E-state index contributed by atoms with van der Waals surface area (Å²) in [4.78, 5) is 11.3. The van der Waals surface area contributed by atoms with Crippen molar-refractivity contribution in [2.24, 2.45) is 0 Å². The first-order valence-electron chi connectivity index (χ1n) is 18.2. The molecule has 0 unspecified atom stereocenters. The van der Waals surface area contributed by atoms with Gasteiger partial charge in [0.15, 0.2) is 27.7 Å². The second kappa shape index (κ2) is 12.5. The second-order valence-electron chi connectivity index (χ2n) is 13.6. The van der Waals surface area contributed by atoms with E-state index in [1.54, 1.807) is 0 Å². The van der Waals surface area contributed by atoms with Gasteiger partial charge in [-0.3, -0.25) is 0 Å². The predicted octanol–water partition coefficient (Wildman–Crippen LogP) is 10.7. The molecule has 0 saturated carbocycles. The van der Waals surface area contributed by atoms with Gasteiger partial charge >= 0.3 is 0 Å². The van der Waals surface area contributed by atoms with Gasteiger partial charge in [0.1, 0.15) is 27.6 Å². The van der Waals surface area contributed by atoms with Crippen LogP contribution in [0.4, 0.5) is 17.1 Å². The highest BCUT2D eigenvalue weighted by atomic mass is 16.6. The van der Waals surface area contributed by atoms with Crippen LogP contribution in [0.3, 0.4) is 0 Å². The Morgan fingerprint density at radius 1 is 0.328 bits per heavy atom. The molecule has 0 bridgehead atoms. The quantitative estimate of drug-likeness (QED) is 0.150. The fraction of sp³-hybridized carbons (Fsp3) is 0. The van der Waals surface area contributed by atoms with Crippen molar-refractivity contribution >= 4 is 72.4 Å². The first-order valence-corrected chi connectivity index (χ1v) is 18.2. The van der Waals surface area contributed by atoms with Crippen LogP contribution < -0.4 is 4.90 Å². The van der Waals surface area contributed by atoms with Gasteiger partial charge in [0, 0.05) is 22.3 Å². The van der Waals surface area contributed by atoms with Crippen LogP contribution in [0.5, 0.6) is 0 Å². The Labute approximate surface area is 324 Å². The lowest BCUT2D eigenvalue weighted by Gasteiger charge is -2.25. The molecule has 5 aromatic heterocycles. The lowest BCUT2D eigenvalue weighted by Crippen LogP contribution is -2.12. The number of benzene rings is 7. The monoisotopic (exact) mass is 757 g/mol. The van der Waals surface area contributed by atoms with Gasteiger partial charge in [0.2, 0.25) is 11.8 Å². The predicted molar refractivity (Wildman–Crippen MR) is 214 cm³/mol. The fourth-order valence-corrected chi connectivity index (χ4v) is 7.47. The van der Waals surface area contributed by atoms with Gasteiger partial charge in [0.25, 0.3) is 0 Å². The SMILES string of the molecule is c1ccc2oc(-c3ccc(-c4ccc(N(c5cccc6nonc56)c5ccc(-c6ccc(-c7nc8ccccc8o7)cc6)c6nonc56)c5nonc45)cc3)nc2c1. The molecule has 0 radical (unpaired) electrons. The molecule has 0 spiro atoms. The zero-order valence-electron chi connectivity index (χ0n) is 29.8. The number of para-hydroxylation sites is 4. The minimum atomic E-state index is 0.498. The number of rotatable bonds is 7. The van der Waals surface area contributed by atoms with Gasteiger partial charge in [-0.2, -0.15) is 0 Å². The Morgan fingerprint density at radius 2 is 0.759 bits per heavy atom. The van der Waals surface area contributed by atoms with E-state index in [0.717, 1.165) is 55.6 Å². The molecule has 0 saturated heterocycles. The van der Waals surface area contributed by atoms with Crippen molar-refractivity contribution in [2.45, 2.75) is 0 Å². The molecule has 274 valence electrons. The zero-order chi connectivity index (χ0) is 38.2.